The van der Waals surface area contributed by atoms with E-state index < -0.39 is 0 Å². The van der Waals surface area contributed by atoms with Crippen LogP contribution in [0.5, 0.6) is 0 Å². The second-order valence-corrected chi connectivity index (χ2v) is 4.54. The van der Waals surface area contributed by atoms with E-state index in [9.17, 15) is 0 Å². The maximum Gasteiger partial charge on any atom is 0.0148 e. The summed E-state index contributed by atoms with van der Waals surface area (Å²) >= 11 is 0. The molecule has 0 unspecified atom stereocenters. The number of rotatable bonds is 3. The summed E-state index contributed by atoms with van der Waals surface area (Å²) in [4.78, 5) is 2.63. The van der Waals surface area contributed by atoms with Crippen LogP contribution in [0.2, 0.25) is 0 Å². The molecule has 1 fully saturated rings. The summed E-state index contributed by atoms with van der Waals surface area (Å²) in [5.74, 6) is 0. The van der Waals surface area contributed by atoms with E-state index in [1.165, 1.54) is 12.8 Å². The standard InChI is InChI=1S/C11H23N2/c1-9(2)13(10(3)4)11-5-7-12-8-6-11/h9-11H,5-8H2,1-4H3. The third-order valence-corrected chi connectivity index (χ3v) is 2.86. The summed E-state index contributed by atoms with van der Waals surface area (Å²) in [5.41, 5.74) is 0. The van der Waals surface area contributed by atoms with Gasteiger partial charge in [0, 0.05) is 31.2 Å². The summed E-state index contributed by atoms with van der Waals surface area (Å²) in [6.07, 6.45) is 2.52. The lowest BCUT2D eigenvalue weighted by atomic mass is 10.0. The largest absolute Gasteiger partial charge is 0.295 e. The van der Waals surface area contributed by atoms with Crippen molar-refractivity contribution >= 4 is 0 Å². The average Bonchev–Trinajstić information content (AvgIpc) is 2.04. The van der Waals surface area contributed by atoms with Crippen molar-refractivity contribution in [1.29, 1.82) is 0 Å². The van der Waals surface area contributed by atoms with Gasteiger partial charge < -0.3 is 0 Å². The monoisotopic (exact) mass is 183 g/mol. The first kappa shape index (κ1) is 11.0. The summed E-state index contributed by atoms with van der Waals surface area (Å²) in [5, 5.41) is 4.40. The molecule has 1 heterocycles. The van der Waals surface area contributed by atoms with Crippen LogP contribution in [0.15, 0.2) is 0 Å². The van der Waals surface area contributed by atoms with Gasteiger partial charge in [-0.3, -0.25) is 4.90 Å². The molecule has 0 spiro atoms. The molecule has 77 valence electrons. The molecule has 2 nitrogen and oxygen atoms in total. The average molecular weight is 183 g/mol. The zero-order chi connectivity index (χ0) is 9.84. The molecular formula is C11H23N2. The highest BCUT2D eigenvalue weighted by atomic mass is 15.2. The first-order chi connectivity index (χ1) is 6.13. The minimum absolute atomic E-state index is 0.670. The van der Waals surface area contributed by atoms with Gasteiger partial charge in [0.2, 0.25) is 0 Å². The minimum atomic E-state index is 0.670. The molecule has 1 saturated heterocycles. The summed E-state index contributed by atoms with van der Waals surface area (Å²) < 4.78 is 0. The van der Waals surface area contributed by atoms with Crippen LogP contribution in [0.25, 0.3) is 0 Å². The molecule has 13 heavy (non-hydrogen) atoms. The van der Waals surface area contributed by atoms with Gasteiger partial charge in [-0.2, -0.15) is 0 Å². The molecule has 0 aromatic rings. The van der Waals surface area contributed by atoms with Gasteiger partial charge in [0.15, 0.2) is 0 Å². The van der Waals surface area contributed by atoms with Gasteiger partial charge in [0.25, 0.3) is 0 Å². The molecule has 0 bridgehead atoms. The normalized spacial score (nSPS) is 20.5. The number of hydrogen-bond donors (Lipinski definition) is 0. The second kappa shape index (κ2) is 4.97. The van der Waals surface area contributed by atoms with E-state index in [1.54, 1.807) is 0 Å². The fourth-order valence-electron chi connectivity index (χ4n) is 2.47. The van der Waals surface area contributed by atoms with Crippen LogP contribution in [-0.2, 0) is 0 Å². The zero-order valence-corrected chi connectivity index (χ0v) is 9.45. The van der Waals surface area contributed by atoms with Crippen LogP contribution >= 0.6 is 0 Å². The van der Waals surface area contributed by atoms with E-state index in [4.69, 9.17) is 0 Å². The van der Waals surface area contributed by atoms with Crippen LogP contribution in [0.1, 0.15) is 40.5 Å². The van der Waals surface area contributed by atoms with Gasteiger partial charge in [0.05, 0.1) is 0 Å². The lowest BCUT2D eigenvalue weighted by Gasteiger charge is -2.40. The van der Waals surface area contributed by atoms with Gasteiger partial charge >= 0.3 is 0 Å². The topological polar surface area (TPSA) is 17.3 Å². The lowest BCUT2D eigenvalue weighted by molar-refractivity contribution is 0.0902. The van der Waals surface area contributed by atoms with Crippen LogP contribution in [0, 0.1) is 0 Å². The summed E-state index contributed by atoms with van der Waals surface area (Å²) in [7, 11) is 0. The van der Waals surface area contributed by atoms with Gasteiger partial charge in [-0.1, -0.05) is 0 Å². The Hall–Kier alpha value is -0.0800. The number of nitrogens with zero attached hydrogens (tertiary/aromatic N) is 2. The van der Waals surface area contributed by atoms with E-state index in [-0.39, 0.29) is 0 Å². The molecule has 2 heteroatoms. The Kier molecular flexibility index (Phi) is 4.20. The maximum absolute atomic E-state index is 4.40. The molecule has 1 aliphatic rings. The van der Waals surface area contributed by atoms with E-state index in [0.717, 1.165) is 19.1 Å². The van der Waals surface area contributed by atoms with Gasteiger partial charge in [-0.15, -0.1) is 0 Å². The highest BCUT2D eigenvalue weighted by Crippen LogP contribution is 2.18. The SMILES string of the molecule is CC(C)N(C(C)C)C1CC[N]CC1. The van der Waals surface area contributed by atoms with Crippen molar-refractivity contribution in [3.63, 3.8) is 0 Å². The second-order valence-electron chi connectivity index (χ2n) is 4.54. The zero-order valence-electron chi connectivity index (χ0n) is 9.45. The van der Waals surface area contributed by atoms with Crippen LogP contribution in [0.3, 0.4) is 0 Å². The van der Waals surface area contributed by atoms with Gasteiger partial charge in [0.1, 0.15) is 0 Å². The molecule has 0 aromatic carbocycles. The van der Waals surface area contributed by atoms with E-state index in [0.29, 0.717) is 12.1 Å². The first-order valence-corrected chi connectivity index (χ1v) is 5.53. The van der Waals surface area contributed by atoms with Crippen LogP contribution in [-0.4, -0.2) is 36.1 Å². The summed E-state index contributed by atoms with van der Waals surface area (Å²) in [6, 6.07) is 2.11. The van der Waals surface area contributed by atoms with E-state index >= 15 is 0 Å². The Labute approximate surface area is 82.7 Å². The fraction of sp³-hybridized carbons (Fsp3) is 1.00. The number of piperidine rings is 1. The molecular weight excluding hydrogens is 160 g/mol. The Morgan fingerprint density at radius 2 is 1.46 bits per heavy atom. The van der Waals surface area contributed by atoms with E-state index in [1.807, 2.05) is 0 Å². The Balaban J connectivity index is 2.52. The van der Waals surface area contributed by atoms with Crippen molar-refractivity contribution in [2.24, 2.45) is 0 Å². The van der Waals surface area contributed by atoms with Crippen molar-refractivity contribution < 1.29 is 0 Å². The lowest BCUT2D eigenvalue weighted by Crippen LogP contribution is -2.48. The molecule has 1 radical (unpaired) electrons. The Bertz CT molecular complexity index is 129. The van der Waals surface area contributed by atoms with Gasteiger partial charge in [-0.05, 0) is 40.5 Å². The Morgan fingerprint density at radius 3 is 1.85 bits per heavy atom. The molecule has 0 atom stereocenters. The fourth-order valence-corrected chi connectivity index (χ4v) is 2.47. The third kappa shape index (κ3) is 2.96. The molecule has 0 saturated carbocycles. The quantitative estimate of drug-likeness (QED) is 0.653. The van der Waals surface area contributed by atoms with Crippen LogP contribution in [0.4, 0.5) is 0 Å². The molecule has 0 N–H and O–H groups in total. The molecule has 1 rings (SSSR count). The van der Waals surface area contributed by atoms with Crippen molar-refractivity contribution in [1.82, 2.24) is 10.2 Å². The highest BCUT2D eigenvalue weighted by Gasteiger charge is 2.25. The van der Waals surface area contributed by atoms with Crippen molar-refractivity contribution in [2.75, 3.05) is 13.1 Å². The third-order valence-electron chi connectivity index (χ3n) is 2.86. The van der Waals surface area contributed by atoms with Crippen molar-refractivity contribution in [3.8, 4) is 0 Å². The molecule has 0 amide bonds. The minimum Gasteiger partial charge on any atom is -0.295 e. The predicted molar refractivity (Wildman–Crippen MR) is 57.0 cm³/mol. The molecule has 0 aromatic heterocycles. The van der Waals surface area contributed by atoms with Crippen molar-refractivity contribution in [2.45, 2.75) is 58.7 Å². The summed E-state index contributed by atoms with van der Waals surface area (Å²) in [6.45, 7) is 11.3. The van der Waals surface area contributed by atoms with Crippen molar-refractivity contribution in [3.05, 3.63) is 0 Å². The molecule has 1 aliphatic heterocycles. The first-order valence-electron chi connectivity index (χ1n) is 5.53. The predicted octanol–water partition coefficient (Wildman–Crippen LogP) is 1.87. The van der Waals surface area contributed by atoms with E-state index in [2.05, 4.69) is 37.9 Å². The smallest absolute Gasteiger partial charge is 0.0148 e. The van der Waals surface area contributed by atoms with Crippen LogP contribution < -0.4 is 5.32 Å². The highest BCUT2D eigenvalue weighted by molar-refractivity contribution is 4.81. The maximum atomic E-state index is 4.40. The Morgan fingerprint density at radius 1 is 1.00 bits per heavy atom. The number of hydrogen-bond acceptors (Lipinski definition) is 1. The molecule has 0 aliphatic carbocycles. The van der Waals surface area contributed by atoms with Gasteiger partial charge in [-0.25, -0.2) is 5.32 Å².